The van der Waals surface area contributed by atoms with E-state index in [-0.39, 0.29) is 0 Å². The molecule has 0 aromatic heterocycles. The van der Waals surface area contributed by atoms with Crippen LogP contribution in [-0.4, -0.2) is 15.0 Å². The van der Waals surface area contributed by atoms with E-state index in [0.29, 0.717) is 0 Å². The molecule has 0 aromatic rings. The van der Waals surface area contributed by atoms with Crippen LogP contribution >= 0.6 is 0 Å². The molecule has 3 aliphatic rings. The first-order chi connectivity index (χ1) is 6.93. The molecule has 0 amide bonds. The van der Waals surface area contributed by atoms with Gasteiger partial charge in [-0.2, -0.15) is 0 Å². The molecule has 0 N–H and O–H groups in total. The summed E-state index contributed by atoms with van der Waals surface area (Å²) in [5, 5.41) is 0. The second-order valence-electron chi connectivity index (χ2n) is 5.54. The minimum absolute atomic E-state index is 1.04. The molecule has 1 heterocycles. The van der Waals surface area contributed by atoms with Crippen LogP contribution in [0.3, 0.4) is 0 Å². The molecule has 80 valence electrons. The van der Waals surface area contributed by atoms with Crippen molar-refractivity contribution < 1.29 is 0 Å². The summed E-state index contributed by atoms with van der Waals surface area (Å²) in [5.41, 5.74) is 0. The summed E-state index contributed by atoms with van der Waals surface area (Å²) in [7, 11) is 0. The van der Waals surface area contributed by atoms with Crippen LogP contribution < -0.4 is 0 Å². The minimum atomic E-state index is 1.04. The Balaban J connectivity index is 1.68. The van der Waals surface area contributed by atoms with Crippen molar-refractivity contribution in [3.05, 3.63) is 0 Å². The normalized spacial score (nSPS) is 48.0. The first-order valence-electron chi connectivity index (χ1n) is 6.59. The molecule has 1 aliphatic heterocycles. The van der Waals surface area contributed by atoms with E-state index in [2.05, 4.69) is 0 Å². The molecule has 1 heteroatoms. The van der Waals surface area contributed by atoms with Gasteiger partial charge < -0.3 is 0 Å². The third-order valence-electron chi connectivity index (χ3n) is 4.63. The molecule has 4 atom stereocenters. The number of rotatable bonds is 0. The molecule has 0 nitrogen and oxygen atoms in total. The Bertz CT molecular complexity index is 159. The molecule has 0 radical (unpaired) electrons. The second kappa shape index (κ2) is 4.18. The molecule has 3 fully saturated rings. The van der Waals surface area contributed by atoms with Crippen LogP contribution in [0.25, 0.3) is 0 Å². The number of fused-ring (bicyclic) bond motifs is 2. The zero-order valence-electron chi connectivity index (χ0n) is 9.08. The van der Waals surface area contributed by atoms with Crippen molar-refractivity contribution in [1.82, 2.24) is 0 Å². The molecule has 2 aliphatic carbocycles. The van der Waals surface area contributed by atoms with Gasteiger partial charge in [-0.05, 0) is 0 Å². The maximum absolute atomic E-state index is 1.64. The molecule has 0 spiro atoms. The fourth-order valence-electron chi connectivity index (χ4n) is 3.86. The van der Waals surface area contributed by atoms with Gasteiger partial charge in [-0.3, -0.25) is 0 Å². The summed E-state index contributed by atoms with van der Waals surface area (Å²) in [5.74, 6) is 2.37. The zero-order chi connectivity index (χ0) is 9.38. The van der Waals surface area contributed by atoms with Crippen LogP contribution in [0.5, 0.6) is 0 Å². The summed E-state index contributed by atoms with van der Waals surface area (Å²) < 4.78 is 0. The van der Waals surface area contributed by atoms with E-state index < -0.39 is 0 Å². The Kier molecular flexibility index (Phi) is 2.90. The van der Waals surface area contributed by atoms with Crippen LogP contribution in [0, 0.1) is 11.8 Å². The predicted molar refractivity (Wildman–Crippen MR) is 61.8 cm³/mol. The van der Waals surface area contributed by atoms with E-state index in [1.54, 1.807) is 57.8 Å². The summed E-state index contributed by atoms with van der Waals surface area (Å²) >= 11 is 1.04. The van der Waals surface area contributed by atoms with Gasteiger partial charge in [-0.25, -0.2) is 0 Å². The summed E-state index contributed by atoms with van der Waals surface area (Å²) in [6.45, 7) is 0. The van der Waals surface area contributed by atoms with Crippen LogP contribution in [-0.2, 0) is 0 Å². The fraction of sp³-hybridized carbons (Fsp3) is 1.00. The molecule has 3 rings (SSSR count). The first kappa shape index (κ1) is 9.72. The second-order valence-corrected chi connectivity index (χ2v) is 8.65. The summed E-state index contributed by atoms with van der Waals surface area (Å²) in [4.78, 5) is 2.44. The maximum atomic E-state index is 1.64. The van der Waals surface area contributed by atoms with E-state index in [4.69, 9.17) is 0 Å². The first-order valence-corrected chi connectivity index (χ1v) is 8.57. The van der Waals surface area contributed by atoms with Crippen molar-refractivity contribution in [3.63, 3.8) is 0 Å². The van der Waals surface area contributed by atoms with Crippen LogP contribution in [0.2, 0.25) is 9.63 Å². The average Bonchev–Trinajstić information content (AvgIpc) is 2.26. The van der Waals surface area contributed by atoms with Gasteiger partial charge in [0, 0.05) is 0 Å². The predicted octanol–water partition coefficient (Wildman–Crippen LogP) is 4.05. The van der Waals surface area contributed by atoms with Gasteiger partial charge in [0.15, 0.2) is 0 Å². The fourth-order valence-corrected chi connectivity index (χ4v) is 8.04. The summed E-state index contributed by atoms with van der Waals surface area (Å²) in [6, 6.07) is 0. The third kappa shape index (κ3) is 1.78. The molecule has 4 unspecified atom stereocenters. The van der Waals surface area contributed by atoms with E-state index in [0.717, 1.165) is 15.0 Å². The van der Waals surface area contributed by atoms with E-state index in [1.807, 2.05) is 0 Å². The topological polar surface area (TPSA) is 0 Å². The zero-order valence-corrected chi connectivity index (χ0v) is 10.8. The van der Waals surface area contributed by atoms with Gasteiger partial charge in [0.2, 0.25) is 0 Å². The number of hydrogen-bond donors (Lipinski definition) is 0. The van der Waals surface area contributed by atoms with Gasteiger partial charge >= 0.3 is 94.2 Å². The van der Waals surface area contributed by atoms with Crippen molar-refractivity contribution in [2.75, 3.05) is 0 Å². The number of hydrogen-bond acceptors (Lipinski definition) is 0. The van der Waals surface area contributed by atoms with Crippen molar-refractivity contribution in [2.24, 2.45) is 11.8 Å². The standard InChI is InChI=1S/C13H22Se/c1-3-7-12-10(5-1)9-11-6-2-4-8-13(11)14-12/h10-13H,1-9H2. The SMILES string of the molecule is C1CCC2[Se]C3CCCCC3CC2C1. The monoisotopic (exact) mass is 258 g/mol. The van der Waals surface area contributed by atoms with Gasteiger partial charge in [0.05, 0.1) is 0 Å². The quantitative estimate of drug-likeness (QED) is 0.574. The molecule has 1 saturated heterocycles. The summed E-state index contributed by atoms with van der Waals surface area (Å²) in [6.07, 6.45) is 14.2. The Morgan fingerprint density at radius 3 is 1.71 bits per heavy atom. The van der Waals surface area contributed by atoms with Crippen LogP contribution in [0.4, 0.5) is 0 Å². The molecular weight excluding hydrogens is 235 g/mol. The molecule has 2 saturated carbocycles. The van der Waals surface area contributed by atoms with E-state index in [1.165, 1.54) is 21.5 Å². The van der Waals surface area contributed by atoms with E-state index in [9.17, 15) is 0 Å². The van der Waals surface area contributed by atoms with E-state index >= 15 is 0 Å². The van der Waals surface area contributed by atoms with Crippen LogP contribution in [0.15, 0.2) is 0 Å². The third-order valence-corrected chi connectivity index (χ3v) is 8.70. The van der Waals surface area contributed by atoms with Crippen molar-refractivity contribution in [3.8, 4) is 0 Å². The van der Waals surface area contributed by atoms with Gasteiger partial charge in [-0.1, -0.05) is 0 Å². The Hall–Kier alpha value is 0.519. The van der Waals surface area contributed by atoms with Crippen molar-refractivity contribution in [1.29, 1.82) is 0 Å². The van der Waals surface area contributed by atoms with Crippen molar-refractivity contribution >= 4 is 15.0 Å². The van der Waals surface area contributed by atoms with Gasteiger partial charge in [-0.15, -0.1) is 0 Å². The Labute approximate surface area is 94.4 Å². The van der Waals surface area contributed by atoms with Crippen LogP contribution in [0.1, 0.15) is 57.8 Å². The molecular formula is C13H22Se. The van der Waals surface area contributed by atoms with Crippen molar-refractivity contribution in [2.45, 2.75) is 67.4 Å². The molecule has 0 aromatic carbocycles. The molecule has 0 bridgehead atoms. The van der Waals surface area contributed by atoms with Gasteiger partial charge in [0.25, 0.3) is 0 Å². The molecule has 14 heavy (non-hydrogen) atoms. The Morgan fingerprint density at radius 2 is 1.14 bits per heavy atom. The van der Waals surface area contributed by atoms with Gasteiger partial charge in [0.1, 0.15) is 0 Å². The average molecular weight is 257 g/mol. The Morgan fingerprint density at radius 1 is 0.643 bits per heavy atom.